The summed E-state index contributed by atoms with van der Waals surface area (Å²) in [5.74, 6) is 0. The smallest absolute Gasteiger partial charge is 0.211 e. The average Bonchev–Trinajstić information content (AvgIpc) is 2.86. The van der Waals surface area contributed by atoms with Crippen molar-refractivity contribution < 1.29 is 8.42 Å². The molecule has 102 valence electrons. The van der Waals surface area contributed by atoms with E-state index in [0.29, 0.717) is 12.2 Å². The van der Waals surface area contributed by atoms with Gasteiger partial charge in [0.15, 0.2) is 0 Å². The van der Waals surface area contributed by atoms with Crippen LogP contribution >= 0.6 is 0 Å². The summed E-state index contributed by atoms with van der Waals surface area (Å²) < 4.78 is 24.4. The number of rotatable bonds is 3. The van der Waals surface area contributed by atoms with Gasteiger partial charge >= 0.3 is 0 Å². The molecule has 1 saturated heterocycles. The second-order valence-electron chi connectivity index (χ2n) is 4.68. The van der Waals surface area contributed by atoms with Crippen molar-refractivity contribution in [2.24, 2.45) is 0 Å². The van der Waals surface area contributed by atoms with E-state index in [1.54, 1.807) is 19.3 Å². The lowest BCUT2D eigenvalue weighted by Gasteiger charge is -2.23. The molecule has 0 aromatic carbocycles. The van der Waals surface area contributed by atoms with Crippen LogP contribution in [0.15, 0.2) is 18.3 Å². The largest absolute Gasteiger partial charge is 0.369 e. The number of nitriles is 1. The third kappa shape index (κ3) is 3.03. The highest BCUT2D eigenvalue weighted by molar-refractivity contribution is 7.88. The van der Waals surface area contributed by atoms with Gasteiger partial charge in [0, 0.05) is 26.2 Å². The van der Waals surface area contributed by atoms with Crippen molar-refractivity contribution in [1.29, 1.82) is 5.26 Å². The van der Waals surface area contributed by atoms with Crippen molar-refractivity contribution >= 4 is 15.7 Å². The monoisotopic (exact) mass is 280 g/mol. The normalized spacial score (nSPS) is 19.7. The predicted octanol–water partition coefficient (Wildman–Crippen LogP) is 0.423. The Morgan fingerprint density at radius 1 is 1.53 bits per heavy atom. The fraction of sp³-hybridized carbons (Fsp3) is 0.500. The zero-order valence-corrected chi connectivity index (χ0v) is 11.8. The van der Waals surface area contributed by atoms with E-state index < -0.39 is 10.0 Å². The molecule has 0 spiro atoms. The molecule has 0 saturated carbocycles. The fourth-order valence-corrected chi connectivity index (χ4v) is 2.90. The first-order valence-corrected chi connectivity index (χ1v) is 7.81. The first kappa shape index (κ1) is 13.8. The highest BCUT2D eigenvalue weighted by Gasteiger charge is 2.30. The highest BCUT2D eigenvalue weighted by Crippen LogP contribution is 2.22. The molecule has 1 unspecified atom stereocenters. The standard InChI is InChI=1S/C12H16N4O2S/c1-15(19(2,17)18)12-5-6-16(9-12)11-4-3-10(7-13)14-8-11/h3-4,8,12H,5-6,9H2,1-2H3. The molecule has 0 aliphatic carbocycles. The van der Waals surface area contributed by atoms with E-state index in [4.69, 9.17) is 5.26 Å². The van der Waals surface area contributed by atoms with Crippen LogP contribution in [0.2, 0.25) is 0 Å². The van der Waals surface area contributed by atoms with Crippen LogP contribution in [-0.2, 0) is 10.0 Å². The second-order valence-corrected chi connectivity index (χ2v) is 6.72. The zero-order chi connectivity index (χ0) is 14.0. The topological polar surface area (TPSA) is 77.3 Å². The molecular weight excluding hydrogens is 264 g/mol. The number of nitrogens with zero attached hydrogens (tertiary/aromatic N) is 4. The van der Waals surface area contributed by atoms with E-state index in [2.05, 4.69) is 9.88 Å². The Kier molecular flexibility index (Phi) is 3.73. The molecule has 1 aromatic rings. The Morgan fingerprint density at radius 3 is 2.79 bits per heavy atom. The van der Waals surface area contributed by atoms with Crippen molar-refractivity contribution in [3.63, 3.8) is 0 Å². The molecule has 1 aliphatic heterocycles. The molecule has 6 nitrogen and oxygen atoms in total. The molecular formula is C12H16N4O2S. The van der Waals surface area contributed by atoms with Crippen LogP contribution in [0, 0.1) is 11.3 Å². The minimum Gasteiger partial charge on any atom is -0.369 e. The van der Waals surface area contributed by atoms with Gasteiger partial charge in [-0.25, -0.2) is 17.7 Å². The Bertz CT molecular complexity index is 591. The molecule has 2 rings (SSSR count). The third-order valence-electron chi connectivity index (χ3n) is 3.43. The van der Waals surface area contributed by atoms with E-state index in [-0.39, 0.29) is 6.04 Å². The molecule has 1 fully saturated rings. The Balaban J connectivity index is 2.08. The lowest BCUT2D eigenvalue weighted by molar-refractivity contribution is 0.393. The van der Waals surface area contributed by atoms with E-state index in [1.807, 2.05) is 12.1 Å². The van der Waals surface area contributed by atoms with Crippen molar-refractivity contribution in [3.8, 4) is 6.07 Å². The minimum atomic E-state index is -3.15. The van der Waals surface area contributed by atoms with Crippen molar-refractivity contribution in [3.05, 3.63) is 24.0 Å². The second kappa shape index (κ2) is 5.15. The van der Waals surface area contributed by atoms with Gasteiger partial charge < -0.3 is 4.90 Å². The maximum atomic E-state index is 11.5. The Labute approximate surface area is 113 Å². The van der Waals surface area contributed by atoms with Gasteiger partial charge in [-0.05, 0) is 18.6 Å². The number of likely N-dealkylation sites (N-methyl/N-ethyl adjacent to an activating group) is 1. The van der Waals surface area contributed by atoms with Gasteiger partial charge in [-0.3, -0.25) is 0 Å². The Morgan fingerprint density at radius 2 is 2.26 bits per heavy atom. The summed E-state index contributed by atoms with van der Waals surface area (Å²) in [6.07, 6.45) is 3.67. The summed E-state index contributed by atoms with van der Waals surface area (Å²) >= 11 is 0. The van der Waals surface area contributed by atoms with Crippen LogP contribution < -0.4 is 4.90 Å². The van der Waals surface area contributed by atoms with Gasteiger partial charge in [0.05, 0.1) is 18.1 Å². The predicted molar refractivity (Wildman–Crippen MR) is 72.2 cm³/mol. The molecule has 0 N–H and O–H groups in total. The van der Waals surface area contributed by atoms with E-state index >= 15 is 0 Å². The molecule has 0 bridgehead atoms. The number of anilines is 1. The summed E-state index contributed by atoms with van der Waals surface area (Å²) in [5, 5.41) is 8.70. The summed E-state index contributed by atoms with van der Waals surface area (Å²) in [6, 6.07) is 5.48. The van der Waals surface area contributed by atoms with Gasteiger partial charge in [-0.1, -0.05) is 0 Å². The van der Waals surface area contributed by atoms with Crippen molar-refractivity contribution in [1.82, 2.24) is 9.29 Å². The number of sulfonamides is 1. The number of pyridine rings is 1. The van der Waals surface area contributed by atoms with Gasteiger partial charge in [0.25, 0.3) is 0 Å². The molecule has 1 aromatic heterocycles. The van der Waals surface area contributed by atoms with Crippen LogP contribution in [0.4, 0.5) is 5.69 Å². The van der Waals surface area contributed by atoms with E-state index in [1.165, 1.54) is 10.6 Å². The lowest BCUT2D eigenvalue weighted by atomic mass is 10.3. The lowest BCUT2D eigenvalue weighted by Crippen LogP contribution is -2.38. The van der Waals surface area contributed by atoms with Crippen LogP contribution in [0.3, 0.4) is 0 Å². The molecule has 19 heavy (non-hydrogen) atoms. The van der Waals surface area contributed by atoms with Crippen LogP contribution in [0.25, 0.3) is 0 Å². The first-order chi connectivity index (χ1) is 8.91. The molecule has 1 atom stereocenters. The summed E-state index contributed by atoms with van der Waals surface area (Å²) in [5.41, 5.74) is 1.30. The summed E-state index contributed by atoms with van der Waals surface area (Å²) in [6.45, 7) is 1.44. The minimum absolute atomic E-state index is 0.00866. The number of hydrogen-bond acceptors (Lipinski definition) is 5. The van der Waals surface area contributed by atoms with Gasteiger partial charge in [0.2, 0.25) is 10.0 Å². The molecule has 0 radical (unpaired) electrons. The summed E-state index contributed by atoms with van der Waals surface area (Å²) in [7, 11) is -1.54. The van der Waals surface area contributed by atoms with Gasteiger partial charge in [-0.2, -0.15) is 5.26 Å². The van der Waals surface area contributed by atoms with Gasteiger partial charge in [0.1, 0.15) is 11.8 Å². The van der Waals surface area contributed by atoms with Crippen LogP contribution in [0.1, 0.15) is 12.1 Å². The molecule has 2 heterocycles. The van der Waals surface area contributed by atoms with Crippen LogP contribution in [0.5, 0.6) is 0 Å². The summed E-state index contributed by atoms with van der Waals surface area (Å²) in [4.78, 5) is 6.11. The number of aromatic nitrogens is 1. The van der Waals surface area contributed by atoms with Crippen molar-refractivity contribution in [2.75, 3.05) is 31.3 Å². The molecule has 1 aliphatic rings. The quantitative estimate of drug-likeness (QED) is 0.802. The van der Waals surface area contributed by atoms with Crippen LogP contribution in [-0.4, -0.2) is 50.1 Å². The fourth-order valence-electron chi connectivity index (χ4n) is 2.18. The van der Waals surface area contributed by atoms with E-state index in [9.17, 15) is 8.42 Å². The first-order valence-electron chi connectivity index (χ1n) is 5.96. The number of hydrogen-bond donors (Lipinski definition) is 0. The van der Waals surface area contributed by atoms with Gasteiger partial charge in [-0.15, -0.1) is 0 Å². The maximum absolute atomic E-state index is 11.5. The SMILES string of the molecule is CN(C1CCN(c2ccc(C#N)nc2)C1)S(C)(=O)=O. The average molecular weight is 280 g/mol. The van der Waals surface area contributed by atoms with E-state index in [0.717, 1.165) is 18.7 Å². The zero-order valence-electron chi connectivity index (χ0n) is 10.9. The molecule has 0 amide bonds. The third-order valence-corrected chi connectivity index (χ3v) is 4.77. The molecule has 7 heteroatoms. The highest BCUT2D eigenvalue weighted by atomic mass is 32.2. The van der Waals surface area contributed by atoms with Crippen molar-refractivity contribution in [2.45, 2.75) is 12.5 Å². The Hall–Kier alpha value is -1.65. The maximum Gasteiger partial charge on any atom is 0.211 e.